The van der Waals surface area contributed by atoms with Crippen molar-refractivity contribution >= 4 is 15.7 Å². The van der Waals surface area contributed by atoms with Crippen LogP contribution in [0.1, 0.15) is 5.69 Å². The van der Waals surface area contributed by atoms with Gasteiger partial charge in [0.2, 0.25) is 10.0 Å². The van der Waals surface area contributed by atoms with E-state index < -0.39 is 21.9 Å². The Labute approximate surface area is 195 Å². The molecule has 4 aromatic rings. The van der Waals surface area contributed by atoms with E-state index in [1.807, 2.05) is 19.0 Å². The van der Waals surface area contributed by atoms with Crippen molar-refractivity contribution in [3.8, 4) is 28.1 Å². The lowest BCUT2D eigenvalue weighted by Gasteiger charge is -2.15. The number of rotatable bonds is 5. The van der Waals surface area contributed by atoms with Gasteiger partial charge in [0.25, 0.3) is 0 Å². The van der Waals surface area contributed by atoms with Crippen LogP contribution in [0.5, 0.6) is 0 Å². The Morgan fingerprint density at radius 3 is 1.91 bits per heavy atom. The van der Waals surface area contributed by atoms with E-state index >= 15 is 0 Å². The number of anilines is 1. The minimum Gasteiger partial charge on any atom is -0.378 e. The summed E-state index contributed by atoms with van der Waals surface area (Å²) in [5.41, 5.74) is 0.958. The molecule has 4 rings (SSSR count). The molecule has 0 saturated heterocycles. The van der Waals surface area contributed by atoms with E-state index in [1.54, 1.807) is 54.6 Å². The third-order valence-electron chi connectivity index (χ3n) is 5.28. The van der Waals surface area contributed by atoms with Crippen molar-refractivity contribution in [2.24, 2.45) is 5.14 Å². The molecule has 0 aliphatic heterocycles. The van der Waals surface area contributed by atoms with Crippen LogP contribution < -0.4 is 10.0 Å². The summed E-state index contributed by atoms with van der Waals surface area (Å²) in [6.45, 7) is 0. The lowest BCUT2D eigenvalue weighted by Crippen LogP contribution is -2.11. The van der Waals surface area contributed by atoms with Gasteiger partial charge in [0, 0.05) is 30.9 Å². The first-order chi connectivity index (χ1) is 16.0. The maximum Gasteiger partial charge on any atom is 0.435 e. The predicted molar refractivity (Wildman–Crippen MR) is 125 cm³/mol. The van der Waals surface area contributed by atoms with Gasteiger partial charge in [-0.05, 0) is 42.0 Å². The lowest BCUT2D eigenvalue weighted by atomic mass is 9.98. The number of para-hydroxylation sites is 1. The van der Waals surface area contributed by atoms with Crippen LogP contribution in [0.2, 0.25) is 0 Å². The van der Waals surface area contributed by atoms with Crippen molar-refractivity contribution in [2.45, 2.75) is 11.1 Å². The molecular formula is C24H21F3N4O2S. The van der Waals surface area contributed by atoms with Crippen molar-refractivity contribution < 1.29 is 21.6 Å². The summed E-state index contributed by atoms with van der Waals surface area (Å²) in [6.07, 6.45) is -4.73. The molecule has 34 heavy (non-hydrogen) atoms. The first kappa shape index (κ1) is 23.5. The van der Waals surface area contributed by atoms with Gasteiger partial charge in [0.15, 0.2) is 5.69 Å². The highest BCUT2D eigenvalue weighted by Gasteiger charge is 2.40. The van der Waals surface area contributed by atoms with Crippen LogP contribution in [0.25, 0.3) is 28.1 Å². The Morgan fingerprint density at radius 1 is 0.853 bits per heavy atom. The van der Waals surface area contributed by atoms with Crippen molar-refractivity contribution in [1.29, 1.82) is 0 Å². The number of nitrogens with two attached hydrogens (primary N) is 1. The molecule has 0 aliphatic rings. The van der Waals surface area contributed by atoms with Gasteiger partial charge in [0.05, 0.1) is 16.3 Å². The number of primary sulfonamides is 1. The largest absolute Gasteiger partial charge is 0.435 e. The van der Waals surface area contributed by atoms with Crippen LogP contribution in [0.3, 0.4) is 0 Å². The molecule has 2 N–H and O–H groups in total. The molecule has 1 heterocycles. The average Bonchev–Trinajstić information content (AvgIpc) is 3.20. The molecule has 0 unspecified atom stereocenters. The molecule has 10 heteroatoms. The molecule has 0 bridgehead atoms. The molecular weight excluding hydrogens is 465 g/mol. The van der Waals surface area contributed by atoms with Gasteiger partial charge in [-0.3, -0.25) is 0 Å². The maximum atomic E-state index is 14.2. The van der Waals surface area contributed by atoms with Crippen LogP contribution in [0, 0.1) is 0 Å². The fraction of sp³-hybridized carbons (Fsp3) is 0.125. The molecule has 0 saturated carbocycles. The second-order valence-corrected chi connectivity index (χ2v) is 9.39. The normalized spacial score (nSPS) is 12.1. The van der Waals surface area contributed by atoms with E-state index in [9.17, 15) is 21.6 Å². The third-order valence-corrected chi connectivity index (χ3v) is 6.21. The van der Waals surface area contributed by atoms with Crippen LogP contribution >= 0.6 is 0 Å². The van der Waals surface area contributed by atoms with E-state index in [2.05, 4.69) is 5.10 Å². The fourth-order valence-corrected chi connectivity index (χ4v) is 4.16. The second kappa shape index (κ2) is 8.62. The van der Waals surface area contributed by atoms with Crippen molar-refractivity contribution in [3.05, 3.63) is 84.6 Å². The Balaban J connectivity index is 2.05. The van der Waals surface area contributed by atoms with E-state index in [4.69, 9.17) is 5.14 Å². The zero-order valence-corrected chi connectivity index (χ0v) is 19.1. The molecule has 0 aliphatic carbocycles. The summed E-state index contributed by atoms with van der Waals surface area (Å²) in [5, 5.41) is 9.16. The quantitative estimate of drug-likeness (QED) is 0.433. The van der Waals surface area contributed by atoms with Gasteiger partial charge in [-0.15, -0.1) is 0 Å². The number of aromatic nitrogens is 2. The zero-order chi connectivity index (χ0) is 24.7. The average molecular weight is 487 g/mol. The van der Waals surface area contributed by atoms with Crippen LogP contribution in [0.15, 0.2) is 83.8 Å². The van der Waals surface area contributed by atoms with Gasteiger partial charge >= 0.3 is 6.18 Å². The molecule has 0 atom stereocenters. The van der Waals surface area contributed by atoms with E-state index in [0.717, 1.165) is 5.69 Å². The Hall–Kier alpha value is -3.63. The standard InChI is InChI=1S/C24H21F3N4O2S/c1-30(2)18-12-8-16(9-13-18)21-22(17-10-14-20(15-11-17)34(28,32)33)31(19-6-4-3-5-7-19)29-23(21)24(25,26)27/h3-15H,1-2H3,(H2,28,32,33). The summed E-state index contributed by atoms with van der Waals surface area (Å²) >= 11 is 0. The highest BCUT2D eigenvalue weighted by Crippen LogP contribution is 2.43. The van der Waals surface area contributed by atoms with Gasteiger partial charge in [-0.25, -0.2) is 18.2 Å². The number of benzene rings is 3. The number of hydrogen-bond acceptors (Lipinski definition) is 4. The minimum absolute atomic E-state index is 0.106. The minimum atomic E-state index is -4.73. The SMILES string of the molecule is CN(C)c1ccc(-c2c(C(F)(F)F)nn(-c3ccccc3)c2-c2ccc(S(N)(=O)=O)cc2)cc1. The molecule has 0 fully saturated rings. The third kappa shape index (κ3) is 4.55. The molecule has 0 spiro atoms. The Kier molecular flexibility index (Phi) is 5.96. The summed E-state index contributed by atoms with van der Waals surface area (Å²) in [6, 6.07) is 20.5. The number of sulfonamides is 1. The highest BCUT2D eigenvalue weighted by atomic mass is 32.2. The fourth-order valence-electron chi connectivity index (χ4n) is 3.64. The van der Waals surface area contributed by atoms with Crippen LogP contribution in [-0.4, -0.2) is 32.3 Å². The zero-order valence-electron chi connectivity index (χ0n) is 18.3. The van der Waals surface area contributed by atoms with Crippen molar-refractivity contribution in [1.82, 2.24) is 9.78 Å². The lowest BCUT2D eigenvalue weighted by molar-refractivity contribution is -0.140. The van der Waals surface area contributed by atoms with Crippen LogP contribution in [0.4, 0.5) is 18.9 Å². The van der Waals surface area contributed by atoms with Gasteiger partial charge in [-0.1, -0.05) is 42.5 Å². The summed E-state index contributed by atoms with van der Waals surface area (Å²) in [4.78, 5) is 1.70. The molecule has 176 valence electrons. The number of nitrogens with zero attached hydrogens (tertiary/aromatic N) is 3. The molecule has 6 nitrogen and oxygen atoms in total. The first-order valence-electron chi connectivity index (χ1n) is 10.1. The number of alkyl halides is 3. The smallest absolute Gasteiger partial charge is 0.378 e. The topological polar surface area (TPSA) is 81.2 Å². The van der Waals surface area contributed by atoms with Gasteiger partial charge in [0.1, 0.15) is 0 Å². The van der Waals surface area contributed by atoms with E-state index in [-0.39, 0.29) is 16.2 Å². The number of hydrogen-bond donors (Lipinski definition) is 1. The Bertz CT molecular complexity index is 1410. The molecule has 0 amide bonds. The van der Waals surface area contributed by atoms with Crippen molar-refractivity contribution in [3.63, 3.8) is 0 Å². The highest BCUT2D eigenvalue weighted by molar-refractivity contribution is 7.89. The molecule has 0 radical (unpaired) electrons. The van der Waals surface area contributed by atoms with Crippen molar-refractivity contribution in [2.75, 3.05) is 19.0 Å². The molecule has 1 aromatic heterocycles. The maximum absolute atomic E-state index is 14.2. The summed E-state index contributed by atoms with van der Waals surface area (Å²) < 4.78 is 67.2. The van der Waals surface area contributed by atoms with Gasteiger partial charge < -0.3 is 4.90 Å². The van der Waals surface area contributed by atoms with E-state index in [1.165, 1.54) is 28.9 Å². The Morgan fingerprint density at radius 2 is 1.41 bits per heavy atom. The molecule has 3 aromatic carbocycles. The first-order valence-corrected chi connectivity index (χ1v) is 11.7. The second-order valence-electron chi connectivity index (χ2n) is 7.83. The summed E-state index contributed by atoms with van der Waals surface area (Å²) in [7, 11) is -0.294. The van der Waals surface area contributed by atoms with Gasteiger partial charge in [-0.2, -0.15) is 18.3 Å². The number of halogens is 3. The summed E-state index contributed by atoms with van der Waals surface area (Å²) in [5.74, 6) is 0. The monoisotopic (exact) mass is 486 g/mol. The predicted octanol–water partition coefficient (Wildman–Crippen LogP) is 4.94. The van der Waals surface area contributed by atoms with Crippen LogP contribution in [-0.2, 0) is 16.2 Å². The van der Waals surface area contributed by atoms with E-state index in [0.29, 0.717) is 16.8 Å².